The molecule has 1 aliphatic heterocycles. The van der Waals surface area contributed by atoms with Gasteiger partial charge in [0.1, 0.15) is 11.8 Å². The molecule has 0 bridgehead atoms. The lowest BCUT2D eigenvalue weighted by molar-refractivity contribution is 0.150. The minimum Gasteiger partial charge on any atom is -0.465 e. The molecular formula is C13H15N5O2. The summed E-state index contributed by atoms with van der Waals surface area (Å²) in [5.41, 5.74) is 8.62. The molecule has 20 heavy (non-hydrogen) atoms. The van der Waals surface area contributed by atoms with Crippen molar-refractivity contribution in [3.8, 4) is 0 Å². The Morgan fingerprint density at radius 1 is 1.40 bits per heavy atom. The standard InChI is InChI=1S/C13H15N5O2/c14-12-11-4-3-10(18(11)16-8-15-12)9-2-1-6-17(7-5-9)13(19)20/h3-5,8H,1-2,6-7H2,(H,19,20)(H2,14,15,16). The number of amides is 1. The zero-order valence-electron chi connectivity index (χ0n) is 10.9. The summed E-state index contributed by atoms with van der Waals surface area (Å²) in [6.45, 7) is 0.953. The van der Waals surface area contributed by atoms with Gasteiger partial charge < -0.3 is 15.7 Å². The van der Waals surface area contributed by atoms with E-state index in [0.717, 1.165) is 29.6 Å². The van der Waals surface area contributed by atoms with Crippen LogP contribution in [0.4, 0.5) is 10.6 Å². The number of aromatic nitrogens is 3. The molecule has 7 heteroatoms. The van der Waals surface area contributed by atoms with Gasteiger partial charge in [-0.15, -0.1) is 0 Å². The minimum atomic E-state index is -0.880. The monoisotopic (exact) mass is 273 g/mol. The molecule has 0 radical (unpaired) electrons. The molecule has 0 spiro atoms. The predicted octanol–water partition coefficient (Wildman–Crippen LogP) is 1.47. The Labute approximate surface area is 115 Å². The van der Waals surface area contributed by atoms with E-state index in [1.54, 1.807) is 4.52 Å². The van der Waals surface area contributed by atoms with Gasteiger partial charge in [-0.2, -0.15) is 5.10 Å². The number of fused-ring (bicyclic) bond motifs is 1. The van der Waals surface area contributed by atoms with Crippen molar-refractivity contribution < 1.29 is 9.90 Å². The van der Waals surface area contributed by atoms with E-state index in [9.17, 15) is 4.79 Å². The Kier molecular flexibility index (Phi) is 3.02. The molecular weight excluding hydrogens is 258 g/mol. The maximum atomic E-state index is 11.0. The number of anilines is 1. The third-order valence-corrected chi connectivity index (χ3v) is 3.51. The molecule has 0 saturated heterocycles. The molecule has 3 rings (SSSR count). The number of nitrogens with two attached hydrogens (primary N) is 1. The van der Waals surface area contributed by atoms with Gasteiger partial charge in [0.05, 0.1) is 5.69 Å². The van der Waals surface area contributed by atoms with Crippen molar-refractivity contribution in [2.24, 2.45) is 0 Å². The van der Waals surface area contributed by atoms with Crippen LogP contribution in [0.15, 0.2) is 24.5 Å². The Balaban J connectivity index is 1.98. The highest BCUT2D eigenvalue weighted by Gasteiger charge is 2.17. The van der Waals surface area contributed by atoms with Gasteiger partial charge in [-0.05, 0) is 30.5 Å². The fraction of sp³-hybridized carbons (Fsp3) is 0.308. The predicted molar refractivity (Wildman–Crippen MR) is 74.2 cm³/mol. The van der Waals surface area contributed by atoms with E-state index in [2.05, 4.69) is 10.1 Å². The summed E-state index contributed by atoms with van der Waals surface area (Å²) >= 11 is 0. The van der Waals surface area contributed by atoms with Crippen LogP contribution in [-0.4, -0.2) is 43.8 Å². The zero-order valence-corrected chi connectivity index (χ0v) is 10.9. The second-order valence-electron chi connectivity index (χ2n) is 4.72. The Morgan fingerprint density at radius 3 is 3.05 bits per heavy atom. The average molecular weight is 273 g/mol. The topological polar surface area (TPSA) is 96.8 Å². The molecule has 2 aromatic heterocycles. The maximum absolute atomic E-state index is 11.0. The lowest BCUT2D eigenvalue weighted by Gasteiger charge is -2.13. The van der Waals surface area contributed by atoms with Gasteiger partial charge in [0.25, 0.3) is 0 Å². The minimum absolute atomic E-state index is 0.401. The molecule has 1 aliphatic rings. The van der Waals surface area contributed by atoms with Crippen molar-refractivity contribution in [2.45, 2.75) is 12.8 Å². The van der Waals surface area contributed by atoms with Crippen molar-refractivity contribution in [3.05, 3.63) is 30.2 Å². The van der Waals surface area contributed by atoms with Crippen molar-refractivity contribution >= 4 is 23.0 Å². The molecule has 2 aromatic rings. The van der Waals surface area contributed by atoms with E-state index in [0.29, 0.717) is 18.9 Å². The second kappa shape index (κ2) is 4.84. The number of rotatable bonds is 1. The summed E-state index contributed by atoms with van der Waals surface area (Å²) in [6.07, 6.45) is 4.11. The van der Waals surface area contributed by atoms with Crippen LogP contribution in [-0.2, 0) is 0 Å². The summed E-state index contributed by atoms with van der Waals surface area (Å²) in [7, 11) is 0. The van der Waals surface area contributed by atoms with Crippen LogP contribution in [0.3, 0.4) is 0 Å². The van der Waals surface area contributed by atoms with Crippen LogP contribution in [0.1, 0.15) is 18.5 Å². The van der Waals surface area contributed by atoms with E-state index in [-0.39, 0.29) is 0 Å². The fourth-order valence-corrected chi connectivity index (χ4v) is 2.48. The van der Waals surface area contributed by atoms with Crippen LogP contribution >= 0.6 is 0 Å². The quantitative estimate of drug-likeness (QED) is 0.820. The van der Waals surface area contributed by atoms with Crippen LogP contribution < -0.4 is 5.73 Å². The average Bonchev–Trinajstić information content (AvgIpc) is 2.70. The van der Waals surface area contributed by atoms with Crippen LogP contribution in [0.25, 0.3) is 11.1 Å². The van der Waals surface area contributed by atoms with Crippen molar-refractivity contribution in [3.63, 3.8) is 0 Å². The molecule has 0 aliphatic carbocycles. The van der Waals surface area contributed by atoms with E-state index in [4.69, 9.17) is 10.8 Å². The van der Waals surface area contributed by atoms with Crippen molar-refractivity contribution in [1.29, 1.82) is 0 Å². The first-order chi connectivity index (χ1) is 9.66. The Bertz CT molecular complexity index is 691. The molecule has 0 fully saturated rings. The van der Waals surface area contributed by atoms with Gasteiger partial charge in [-0.25, -0.2) is 14.3 Å². The van der Waals surface area contributed by atoms with E-state index < -0.39 is 6.09 Å². The SMILES string of the molecule is Nc1ncnn2c(C3=CCN(C(=O)O)CCC3)ccc12. The number of allylic oxidation sites excluding steroid dienone is 1. The maximum Gasteiger partial charge on any atom is 0.407 e. The lowest BCUT2D eigenvalue weighted by Crippen LogP contribution is -2.29. The third kappa shape index (κ3) is 2.07. The highest BCUT2D eigenvalue weighted by atomic mass is 16.4. The van der Waals surface area contributed by atoms with Gasteiger partial charge in [0.15, 0.2) is 5.82 Å². The van der Waals surface area contributed by atoms with Gasteiger partial charge in [0.2, 0.25) is 0 Å². The molecule has 1 amide bonds. The molecule has 0 saturated carbocycles. The fourth-order valence-electron chi connectivity index (χ4n) is 2.48. The summed E-state index contributed by atoms with van der Waals surface area (Å²) < 4.78 is 1.75. The van der Waals surface area contributed by atoms with Crippen molar-refractivity contribution in [2.75, 3.05) is 18.8 Å². The van der Waals surface area contributed by atoms with Gasteiger partial charge in [-0.3, -0.25) is 0 Å². The Morgan fingerprint density at radius 2 is 2.25 bits per heavy atom. The first-order valence-electron chi connectivity index (χ1n) is 6.42. The zero-order chi connectivity index (χ0) is 14.1. The number of hydrogen-bond acceptors (Lipinski definition) is 4. The highest BCUT2D eigenvalue weighted by Crippen LogP contribution is 2.25. The number of nitrogens with zero attached hydrogens (tertiary/aromatic N) is 4. The first-order valence-corrected chi connectivity index (χ1v) is 6.42. The molecule has 0 unspecified atom stereocenters. The van der Waals surface area contributed by atoms with E-state index >= 15 is 0 Å². The number of carbonyl (C=O) groups is 1. The normalized spacial score (nSPS) is 16.0. The number of nitrogen functional groups attached to an aromatic ring is 1. The molecule has 0 atom stereocenters. The summed E-state index contributed by atoms with van der Waals surface area (Å²) in [5.74, 6) is 0.438. The first kappa shape index (κ1) is 12.5. The third-order valence-electron chi connectivity index (χ3n) is 3.51. The molecule has 3 N–H and O–H groups in total. The van der Waals surface area contributed by atoms with Gasteiger partial charge >= 0.3 is 6.09 Å². The van der Waals surface area contributed by atoms with Crippen molar-refractivity contribution in [1.82, 2.24) is 19.5 Å². The summed E-state index contributed by atoms with van der Waals surface area (Å²) in [4.78, 5) is 16.4. The molecule has 3 heterocycles. The molecule has 104 valence electrons. The van der Waals surface area contributed by atoms with Crippen LogP contribution in [0.2, 0.25) is 0 Å². The van der Waals surface area contributed by atoms with Crippen LogP contribution in [0.5, 0.6) is 0 Å². The van der Waals surface area contributed by atoms with Gasteiger partial charge in [0, 0.05) is 13.1 Å². The highest BCUT2D eigenvalue weighted by molar-refractivity contribution is 5.74. The summed E-state index contributed by atoms with van der Waals surface area (Å²) in [5, 5.41) is 13.3. The van der Waals surface area contributed by atoms with E-state index in [1.807, 2.05) is 18.2 Å². The van der Waals surface area contributed by atoms with E-state index in [1.165, 1.54) is 11.2 Å². The summed E-state index contributed by atoms with van der Waals surface area (Å²) in [6, 6.07) is 3.83. The van der Waals surface area contributed by atoms with Crippen LogP contribution in [0, 0.1) is 0 Å². The second-order valence-corrected chi connectivity index (χ2v) is 4.72. The molecule has 7 nitrogen and oxygen atoms in total. The van der Waals surface area contributed by atoms with Gasteiger partial charge in [-0.1, -0.05) is 6.08 Å². The number of hydrogen-bond donors (Lipinski definition) is 2. The molecule has 0 aromatic carbocycles. The Hall–Kier alpha value is -2.57. The smallest absolute Gasteiger partial charge is 0.407 e. The lowest BCUT2D eigenvalue weighted by atomic mass is 10.1. The largest absolute Gasteiger partial charge is 0.465 e. The number of carboxylic acid groups (broad SMARTS) is 1.